The number of ether oxygens (including phenoxy) is 2. The number of methoxy groups -OCH3 is 1. The fourth-order valence-corrected chi connectivity index (χ4v) is 1.94. The normalized spacial score (nSPS) is 9.96. The molecule has 0 unspecified atom stereocenters. The Morgan fingerprint density at radius 2 is 1.88 bits per heavy atom. The van der Waals surface area contributed by atoms with Gasteiger partial charge in [0.1, 0.15) is 11.5 Å². The molecule has 0 bridgehead atoms. The second-order valence-corrected chi connectivity index (χ2v) is 4.81. The number of hydrogen-bond donors (Lipinski definition) is 2. The van der Waals surface area contributed by atoms with Crippen molar-refractivity contribution in [1.82, 2.24) is 0 Å². The van der Waals surface area contributed by atoms with Crippen LogP contribution in [0.2, 0.25) is 0 Å². The first-order chi connectivity index (χ1) is 11.9. The molecule has 0 aliphatic carbocycles. The van der Waals surface area contributed by atoms with E-state index in [0.717, 1.165) is 0 Å². The lowest BCUT2D eigenvalue weighted by Gasteiger charge is -2.11. The number of nitro benzene ring substituents is 1. The zero-order valence-corrected chi connectivity index (χ0v) is 13.1. The van der Waals surface area contributed by atoms with Crippen molar-refractivity contribution in [3.05, 3.63) is 58.1 Å². The van der Waals surface area contributed by atoms with Crippen molar-refractivity contribution in [3.8, 4) is 11.5 Å². The summed E-state index contributed by atoms with van der Waals surface area (Å²) in [6.45, 7) is -0.363. The second-order valence-electron chi connectivity index (χ2n) is 4.81. The Morgan fingerprint density at radius 1 is 1.20 bits per heavy atom. The summed E-state index contributed by atoms with van der Waals surface area (Å²) in [5, 5.41) is 22.1. The lowest BCUT2D eigenvalue weighted by molar-refractivity contribution is -0.384. The van der Waals surface area contributed by atoms with Crippen LogP contribution >= 0.6 is 0 Å². The maximum Gasteiger partial charge on any atom is 0.335 e. The average Bonchev–Trinajstić information content (AvgIpc) is 2.60. The van der Waals surface area contributed by atoms with Gasteiger partial charge >= 0.3 is 5.97 Å². The van der Waals surface area contributed by atoms with E-state index in [2.05, 4.69) is 5.32 Å². The number of rotatable bonds is 7. The smallest absolute Gasteiger partial charge is 0.335 e. The zero-order valence-electron chi connectivity index (χ0n) is 13.1. The molecule has 0 saturated heterocycles. The maximum atomic E-state index is 12.0. The number of nitrogens with one attached hydrogen (secondary N) is 1. The molecular formula is C16H14N2O7. The highest BCUT2D eigenvalue weighted by atomic mass is 16.6. The molecule has 9 heteroatoms. The van der Waals surface area contributed by atoms with Crippen LogP contribution in [0.4, 0.5) is 11.4 Å². The summed E-state index contributed by atoms with van der Waals surface area (Å²) in [5.74, 6) is -1.10. The summed E-state index contributed by atoms with van der Waals surface area (Å²) < 4.78 is 10.3. The first kappa shape index (κ1) is 17.7. The summed E-state index contributed by atoms with van der Waals surface area (Å²) in [7, 11) is 1.39. The Kier molecular flexibility index (Phi) is 5.51. The number of carboxylic acids is 1. The van der Waals surface area contributed by atoms with E-state index in [-0.39, 0.29) is 29.3 Å². The van der Waals surface area contributed by atoms with Crippen LogP contribution in [0.25, 0.3) is 0 Å². The summed E-state index contributed by atoms with van der Waals surface area (Å²) in [4.78, 5) is 33.0. The third-order valence-corrected chi connectivity index (χ3v) is 3.14. The van der Waals surface area contributed by atoms with Gasteiger partial charge in [-0.2, -0.15) is 0 Å². The molecule has 9 nitrogen and oxygen atoms in total. The molecule has 0 atom stereocenters. The molecule has 1 amide bonds. The molecule has 2 rings (SSSR count). The molecule has 0 aromatic heterocycles. The topological polar surface area (TPSA) is 128 Å². The van der Waals surface area contributed by atoms with E-state index in [9.17, 15) is 19.7 Å². The minimum atomic E-state index is -1.14. The molecule has 0 aliphatic heterocycles. The number of nitrogens with zero attached hydrogens (tertiary/aromatic N) is 1. The fraction of sp³-hybridized carbons (Fsp3) is 0.125. The summed E-state index contributed by atoms with van der Waals surface area (Å²) in [6.07, 6.45) is 0. The number of non-ortho nitro benzene ring substituents is 1. The van der Waals surface area contributed by atoms with E-state index in [1.54, 1.807) is 0 Å². The van der Waals surface area contributed by atoms with Gasteiger partial charge in [0, 0.05) is 12.1 Å². The van der Waals surface area contributed by atoms with Gasteiger partial charge in [0.15, 0.2) is 6.61 Å². The van der Waals surface area contributed by atoms with Crippen molar-refractivity contribution in [1.29, 1.82) is 0 Å². The molecule has 2 aromatic rings. The van der Waals surface area contributed by atoms with Crippen LogP contribution in [0.3, 0.4) is 0 Å². The van der Waals surface area contributed by atoms with E-state index < -0.39 is 16.8 Å². The monoisotopic (exact) mass is 346 g/mol. The van der Waals surface area contributed by atoms with Crippen LogP contribution in [-0.4, -0.2) is 35.6 Å². The van der Waals surface area contributed by atoms with Crippen molar-refractivity contribution < 1.29 is 29.1 Å². The number of amides is 1. The summed E-state index contributed by atoms with van der Waals surface area (Å²) in [6, 6.07) is 9.30. The standard InChI is InChI=1S/C16H14N2O7/c1-24-14-7-2-10(16(20)21)8-13(14)17-15(19)9-25-12-5-3-11(4-6-12)18(22)23/h2-8H,9H2,1H3,(H,17,19)(H,20,21). The first-order valence-corrected chi connectivity index (χ1v) is 6.99. The Morgan fingerprint density at radius 3 is 2.44 bits per heavy atom. The third-order valence-electron chi connectivity index (χ3n) is 3.14. The molecular weight excluding hydrogens is 332 g/mol. The minimum absolute atomic E-state index is 0.00705. The molecule has 0 heterocycles. The third kappa shape index (κ3) is 4.67. The molecule has 0 saturated carbocycles. The van der Waals surface area contributed by atoms with Gasteiger partial charge in [-0.3, -0.25) is 14.9 Å². The molecule has 0 fully saturated rings. The summed E-state index contributed by atoms with van der Waals surface area (Å²) >= 11 is 0. The van der Waals surface area contributed by atoms with E-state index >= 15 is 0 Å². The minimum Gasteiger partial charge on any atom is -0.495 e. The van der Waals surface area contributed by atoms with Gasteiger partial charge in [-0.05, 0) is 30.3 Å². The van der Waals surface area contributed by atoms with Gasteiger partial charge in [0.25, 0.3) is 11.6 Å². The van der Waals surface area contributed by atoms with Crippen LogP contribution in [-0.2, 0) is 4.79 Å². The number of carboxylic acid groups (broad SMARTS) is 1. The number of nitro groups is 1. The lowest BCUT2D eigenvalue weighted by Crippen LogP contribution is -2.20. The molecule has 0 aliphatic rings. The highest BCUT2D eigenvalue weighted by molar-refractivity contribution is 5.96. The van der Waals surface area contributed by atoms with Gasteiger partial charge in [-0.15, -0.1) is 0 Å². The first-order valence-electron chi connectivity index (χ1n) is 6.99. The van der Waals surface area contributed by atoms with Crippen molar-refractivity contribution in [2.24, 2.45) is 0 Å². The largest absolute Gasteiger partial charge is 0.495 e. The fourth-order valence-electron chi connectivity index (χ4n) is 1.94. The Bertz CT molecular complexity index is 803. The molecule has 130 valence electrons. The molecule has 2 N–H and O–H groups in total. The van der Waals surface area contributed by atoms with Crippen LogP contribution in [0.5, 0.6) is 11.5 Å². The van der Waals surface area contributed by atoms with Gasteiger partial charge in [-0.25, -0.2) is 4.79 Å². The van der Waals surface area contributed by atoms with Gasteiger partial charge in [0.2, 0.25) is 0 Å². The van der Waals surface area contributed by atoms with Crippen molar-refractivity contribution in [2.45, 2.75) is 0 Å². The zero-order chi connectivity index (χ0) is 18.4. The maximum absolute atomic E-state index is 12.0. The predicted molar refractivity (Wildman–Crippen MR) is 87.2 cm³/mol. The van der Waals surface area contributed by atoms with E-state index in [1.807, 2.05) is 0 Å². The number of hydrogen-bond acceptors (Lipinski definition) is 6. The van der Waals surface area contributed by atoms with E-state index in [4.69, 9.17) is 14.6 Å². The molecule has 0 radical (unpaired) electrons. The van der Waals surface area contributed by atoms with Crippen LogP contribution in [0, 0.1) is 10.1 Å². The number of benzene rings is 2. The average molecular weight is 346 g/mol. The number of carbonyl (C=O) groups excluding carboxylic acids is 1. The van der Waals surface area contributed by atoms with Gasteiger partial charge < -0.3 is 19.9 Å². The van der Waals surface area contributed by atoms with Crippen LogP contribution < -0.4 is 14.8 Å². The highest BCUT2D eigenvalue weighted by Crippen LogP contribution is 2.25. The Hall–Kier alpha value is -3.62. The van der Waals surface area contributed by atoms with Crippen molar-refractivity contribution in [3.63, 3.8) is 0 Å². The lowest BCUT2D eigenvalue weighted by atomic mass is 10.2. The Balaban J connectivity index is 2.01. The molecule has 0 spiro atoms. The van der Waals surface area contributed by atoms with Crippen LogP contribution in [0.1, 0.15) is 10.4 Å². The van der Waals surface area contributed by atoms with E-state index in [1.165, 1.54) is 49.6 Å². The SMILES string of the molecule is COc1ccc(C(=O)O)cc1NC(=O)COc1ccc([N+](=O)[O-])cc1. The number of anilines is 1. The molecule has 2 aromatic carbocycles. The Labute approximate surface area is 141 Å². The quantitative estimate of drug-likeness (QED) is 0.581. The van der Waals surface area contributed by atoms with Crippen molar-refractivity contribution in [2.75, 3.05) is 19.0 Å². The summed E-state index contributed by atoms with van der Waals surface area (Å²) in [5.41, 5.74) is 0.0964. The van der Waals surface area contributed by atoms with Crippen LogP contribution in [0.15, 0.2) is 42.5 Å². The highest BCUT2D eigenvalue weighted by Gasteiger charge is 2.12. The molecule has 25 heavy (non-hydrogen) atoms. The second kappa shape index (κ2) is 7.77. The number of carbonyl (C=O) groups is 2. The predicted octanol–water partition coefficient (Wildman–Crippen LogP) is 2.32. The number of aromatic carboxylic acids is 1. The van der Waals surface area contributed by atoms with Crippen molar-refractivity contribution >= 4 is 23.3 Å². The van der Waals surface area contributed by atoms with Gasteiger partial charge in [0.05, 0.1) is 23.3 Å². The van der Waals surface area contributed by atoms with E-state index in [0.29, 0.717) is 5.75 Å². The van der Waals surface area contributed by atoms with Gasteiger partial charge in [-0.1, -0.05) is 0 Å².